The van der Waals surface area contributed by atoms with E-state index in [1.165, 1.54) is 5.06 Å². The van der Waals surface area contributed by atoms with E-state index in [0.717, 1.165) is 28.7 Å². The molecule has 1 atom stereocenters. The van der Waals surface area contributed by atoms with E-state index in [1.807, 2.05) is 75.7 Å². The van der Waals surface area contributed by atoms with Gasteiger partial charge in [0.25, 0.3) is 0 Å². The molecule has 172 valence electrons. The van der Waals surface area contributed by atoms with Crippen LogP contribution in [0.3, 0.4) is 0 Å². The van der Waals surface area contributed by atoms with Gasteiger partial charge in [0.05, 0.1) is 30.1 Å². The largest absolute Gasteiger partial charge is 0.442 e. The first-order chi connectivity index (χ1) is 15.2. The number of carbonyl (C=O) groups is 1. The van der Waals surface area contributed by atoms with Crippen molar-refractivity contribution < 1.29 is 14.4 Å². The second-order valence-electron chi connectivity index (χ2n) is 8.62. The molecular weight excluding hydrogens is 428 g/mol. The minimum atomic E-state index is -0.621. The number of hydrogen-bond acceptors (Lipinski definition) is 5. The van der Waals surface area contributed by atoms with Gasteiger partial charge in [-0.25, -0.2) is 9.78 Å². The fraction of sp³-hybridized carbons (Fsp3) is 0.458. The normalized spacial score (nSPS) is 12.7. The fourth-order valence-electron chi connectivity index (χ4n) is 3.48. The monoisotopic (exact) mass is 458 g/mol. The van der Waals surface area contributed by atoms with Gasteiger partial charge >= 0.3 is 6.09 Å². The van der Waals surface area contributed by atoms with Crippen LogP contribution in [0.25, 0.3) is 10.9 Å². The lowest BCUT2D eigenvalue weighted by atomic mass is 10.1. The molecule has 0 bridgehead atoms. The number of nitrogens with zero attached hydrogens (tertiary/aromatic N) is 4. The summed E-state index contributed by atoms with van der Waals surface area (Å²) in [5.41, 5.74) is 2.20. The maximum atomic E-state index is 12.8. The van der Waals surface area contributed by atoms with Crippen LogP contribution in [0.1, 0.15) is 58.3 Å². The number of halogens is 1. The van der Waals surface area contributed by atoms with Gasteiger partial charge in [0, 0.05) is 11.9 Å². The van der Waals surface area contributed by atoms with Crippen LogP contribution in [0, 0.1) is 0 Å². The van der Waals surface area contributed by atoms with Crippen LogP contribution in [0.4, 0.5) is 4.79 Å². The van der Waals surface area contributed by atoms with Crippen molar-refractivity contribution in [3.8, 4) is 0 Å². The summed E-state index contributed by atoms with van der Waals surface area (Å²) in [4.78, 5) is 23.3. The minimum absolute atomic E-state index is 0.302. The molecule has 2 aromatic heterocycles. The lowest BCUT2D eigenvalue weighted by molar-refractivity contribution is -0.169. The highest BCUT2D eigenvalue weighted by atomic mass is 35.5. The standard InChI is InChI=1S/C24H31ClN4O3/c1-6-28-22-19(16-26-28)15-21(25)27-20(22)13-10-14-31-29(23(30)32-24(3,4)5)17(2)18-11-8-7-9-12-18/h7-9,11-12,15-17H,6,10,13-14H2,1-5H3. The summed E-state index contributed by atoms with van der Waals surface area (Å²) >= 11 is 6.20. The summed E-state index contributed by atoms with van der Waals surface area (Å²) in [7, 11) is 0. The Balaban J connectivity index is 1.71. The molecule has 2 heterocycles. The van der Waals surface area contributed by atoms with E-state index in [-0.39, 0.29) is 6.04 Å². The van der Waals surface area contributed by atoms with Crippen molar-refractivity contribution in [1.82, 2.24) is 19.8 Å². The zero-order chi connectivity index (χ0) is 23.3. The van der Waals surface area contributed by atoms with Gasteiger partial charge in [-0.1, -0.05) is 41.9 Å². The number of hydrogen-bond donors (Lipinski definition) is 0. The lowest BCUT2D eigenvalue weighted by Gasteiger charge is -2.31. The van der Waals surface area contributed by atoms with Crippen LogP contribution in [-0.2, 0) is 22.5 Å². The number of ether oxygens (including phenoxy) is 1. The number of aryl methyl sites for hydroxylation is 2. The molecule has 0 aliphatic heterocycles. The number of benzene rings is 1. The van der Waals surface area contributed by atoms with Crippen LogP contribution in [0.5, 0.6) is 0 Å². The second-order valence-corrected chi connectivity index (χ2v) is 9.01. The van der Waals surface area contributed by atoms with E-state index in [2.05, 4.69) is 10.1 Å². The Morgan fingerprint density at radius 2 is 1.97 bits per heavy atom. The van der Waals surface area contributed by atoms with Crippen molar-refractivity contribution in [2.75, 3.05) is 6.61 Å². The van der Waals surface area contributed by atoms with Gasteiger partial charge in [-0.15, -0.1) is 0 Å². The number of aromatic nitrogens is 3. The third-order valence-corrected chi connectivity index (χ3v) is 5.15. The summed E-state index contributed by atoms with van der Waals surface area (Å²) in [5, 5.41) is 7.13. The Morgan fingerprint density at radius 1 is 1.25 bits per heavy atom. The maximum absolute atomic E-state index is 12.8. The first-order valence-electron chi connectivity index (χ1n) is 10.9. The number of pyridine rings is 1. The van der Waals surface area contributed by atoms with Gasteiger partial charge in [-0.3, -0.25) is 9.52 Å². The zero-order valence-electron chi connectivity index (χ0n) is 19.3. The molecule has 1 amide bonds. The molecule has 0 radical (unpaired) electrons. The van der Waals surface area contributed by atoms with E-state index in [0.29, 0.717) is 24.6 Å². The SMILES string of the molecule is CCn1ncc2cc(Cl)nc(CCCON(C(=O)OC(C)(C)C)C(C)c3ccccc3)c21. The zero-order valence-corrected chi connectivity index (χ0v) is 20.1. The summed E-state index contributed by atoms with van der Waals surface area (Å²) < 4.78 is 7.49. The molecule has 0 aliphatic carbocycles. The quantitative estimate of drug-likeness (QED) is 0.236. The average Bonchev–Trinajstić information content (AvgIpc) is 3.15. The van der Waals surface area contributed by atoms with Crippen LogP contribution < -0.4 is 0 Å². The molecule has 0 N–H and O–H groups in total. The summed E-state index contributed by atoms with van der Waals surface area (Å²) in [6.45, 7) is 10.5. The van der Waals surface area contributed by atoms with Crippen molar-refractivity contribution in [2.45, 2.75) is 65.6 Å². The van der Waals surface area contributed by atoms with Crippen LogP contribution in [0.2, 0.25) is 5.15 Å². The topological polar surface area (TPSA) is 69.5 Å². The van der Waals surface area contributed by atoms with E-state index >= 15 is 0 Å². The van der Waals surface area contributed by atoms with E-state index in [1.54, 1.807) is 6.20 Å². The molecule has 0 fully saturated rings. The summed E-state index contributed by atoms with van der Waals surface area (Å²) in [5.74, 6) is 0. The Morgan fingerprint density at radius 3 is 2.62 bits per heavy atom. The first-order valence-corrected chi connectivity index (χ1v) is 11.3. The molecule has 3 aromatic rings. The average molecular weight is 459 g/mol. The molecule has 7 nitrogen and oxygen atoms in total. The Hall–Kier alpha value is -2.64. The summed E-state index contributed by atoms with van der Waals surface area (Å²) in [6.07, 6.45) is 2.59. The van der Waals surface area contributed by atoms with Gasteiger partial charge < -0.3 is 4.74 Å². The lowest BCUT2D eigenvalue weighted by Crippen LogP contribution is -2.38. The molecule has 0 aliphatic rings. The Kier molecular flexibility index (Phi) is 7.74. The number of hydroxylamine groups is 2. The smallest absolute Gasteiger partial charge is 0.435 e. The van der Waals surface area contributed by atoms with Crippen LogP contribution >= 0.6 is 11.6 Å². The van der Waals surface area contributed by atoms with Crippen molar-refractivity contribution >= 4 is 28.6 Å². The molecule has 1 unspecified atom stereocenters. The predicted octanol–water partition coefficient (Wildman–Crippen LogP) is 5.97. The molecule has 32 heavy (non-hydrogen) atoms. The fourth-order valence-corrected chi connectivity index (χ4v) is 3.70. The van der Waals surface area contributed by atoms with Gasteiger partial charge in [0.1, 0.15) is 10.8 Å². The Labute approximate surface area is 194 Å². The molecule has 0 saturated carbocycles. The number of amides is 1. The first kappa shape index (κ1) is 24.0. The molecule has 0 spiro atoms. The van der Waals surface area contributed by atoms with Crippen molar-refractivity contribution in [2.24, 2.45) is 0 Å². The molecule has 3 rings (SSSR count). The van der Waals surface area contributed by atoms with E-state index in [4.69, 9.17) is 21.2 Å². The number of carbonyl (C=O) groups excluding carboxylic acids is 1. The van der Waals surface area contributed by atoms with Crippen molar-refractivity contribution in [3.63, 3.8) is 0 Å². The minimum Gasteiger partial charge on any atom is -0.442 e. The highest BCUT2D eigenvalue weighted by Crippen LogP contribution is 2.25. The third kappa shape index (κ3) is 5.99. The third-order valence-electron chi connectivity index (χ3n) is 4.95. The van der Waals surface area contributed by atoms with E-state index < -0.39 is 11.7 Å². The van der Waals surface area contributed by atoms with Crippen molar-refractivity contribution in [1.29, 1.82) is 0 Å². The maximum Gasteiger partial charge on any atom is 0.435 e. The molecule has 8 heteroatoms. The molecule has 1 aromatic carbocycles. The van der Waals surface area contributed by atoms with Crippen LogP contribution in [-0.4, -0.2) is 38.1 Å². The second kappa shape index (κ2) is 10.3. The number of fused-ring (bicyclic) bond motifs is 1. The Bertz CT molecular complexity index is 1050. The van der Waals surface area contributed by atoms with Crippen LogP contribution in [0.15, 0.2) is 42.6 Å². The van der Waals surface area contributed by atoms with Gasteiger partial charge in [-0.05, 0) is 59.1 Å². The molecule has 0 saturated heterocycles. The van der Waals surface area contributed by atoms with Gasteiger partial charge in [0.15, 0.2) is 0 Å². The number of rotatable bonds is 8. The summed E-state index contributed by atoms with van der Waals surface area (Å²) in [6, 6.07) is 11.3. The molecular formula is C24H31ClN4O3. The highest BCUT2D eigenvalue weighted by molar-refractivity contribution is 6.30. The van der Waals surface area contributed by atoms with Crippen molar-refractivity contribution in [3.05, 3.63) is 59.0 Å². The van der Waals surface area contributed by atoms with Gasteiger partial charge in [-0.2, -0.15) is 10.2 Å². The van der Waals surface area contributed by atoms with Gasteiger partial charge in [0.2, 0.25) is 0 Å². The highest BCUT2D eigenvalue weighted by Gasteiger charge is 2.28. The van der Waals surface area contributed by atoms with E-state index in [9.17, 15) is 4.79 Å². The predicted molar refractivity (Wildman–Crippen MR) is 125 cm³/mol.